The highest BCUT2D eigenvalue weighted by atomic mass is 35.5. The lowest BCUT2D eigenvalue weighted by Gasteiger charge is -2.15. The fraction of sp³-hybridized carbons (Fsp3) is 0. The van der Waals surface area contributed by atoms with Gasteiger partial charge in [-0.15, -0.1) is 22.7 Å². The Morgan fingerprint density at radius 2 is 1.28 bits per heavy atom. The number of benzene rings is 2. The molecule has 0 saturated heterocycles. The molecular formula is C20H14Cl2N2O4S4. The van der Waals surface area contributed by atoms with Crippen molar-refractivity contribution in [2.24, 2.45) is 0 Å². The van der Waals surface area contributed by atoms with E-state index in [-0.39, 0.29) is 29.8 Å². The quantitative estimate of drug-likeness (QED) is 0.282. The highest BCUT2D eigenvalue weighted by Crippen LogP contribution is 2.37. The van der Waals surface area contributed by atoms with Gasteiger partial charge in [0.05, 0.1) is 21.4 Å². The van der Waals surface area contributed by atoms with E-state index in [2.05, 4.69) is 9.44 Å². The summed E-state index contributed by atoms with van der Waals surface area (Å²) >= 11 is 14.3. The molecule has 0 unspecified atom stereocenters. The number of sulfonamides is 2. The van der Waals surface area contributed by atoms with Gasteiger partial charge in [-0.1, -0.05) is 59.6 Å². The molecule has 0 amide bonds. The van der Waals surface area contributed by atoms with E-state index >= 15 is 0 Å². The molecule has 0 bridgehead atoms. The number of hydrogen-bond donors (Lipinski definition) is 2. The Morgan fingerprint density at radius 1 is 0.688 bits per heavy atom. The lowest BCUT2D eigenvalue weighted by molar-refractivity contribution is 0.601. The molecule has 6 nitrogen and oxygen atoms in total. The lowest BCUT2D eigenvalue weighted by atomic mass is 10.2. The van der Waals surface area contributed by atoms with Crippen molar-refractivity contribution in [3.05, 3.63) is 82.2 Å². The summed E-state index contributed by atoms with van der Waals surface area (Å²) in [4.78, 5) is 0.777. The van der Waals surface area contributed by atoms with Crippen LogP contribution in [-0.4, -0.2) is 16.8 Å². The number of halogens is 2. The molecule has 2 heterocycles. The number of hydrogen-bond acceptors (Lipinski definition) is 6. The van der Waals surface area contributed by atoms with Gasteiger partial charge in [-0.3, -0.25) is 9.44 Å². The van der Waals surface area contributed by atoms with Crippen LogP contribution in [0.25, 0.3) is 10.4 Å². The molecule has 12 heteroatoms. The molecule has 0 radical (unpaired) electrons. The van der Waals surface area contributed by atoms with Crippen molar-refractivity contribution in [3.8, 4) is 10.4 Å². The highest BCUT2D eigenvalue weighted by molar-refractivity contribution is 7.95. The van der Waals surface area contributed by atoms with E-state index in [1.165, 1.54) is 24.3 Å². The summed E-state index contributed by atoms with van der Waals surface area (Å²) in [5.74, 6) is 0. The molecule has 0 fully saturated rings. The minimum Gasteiger partial charge on any atom is -0.277 e. The van der Waals surface area contributed by atoms with E-state index in [4.69, 9.17) is 23.2 Å². The van der Waals surface area contributed by atoms with Crippen LogP contribution in [0, 0.1) is 0 Å². The van der Waals surface area contributed by atoms with Gasteiger partial charge in [0.2, 0.25) is 0 Å². The van der Waals surface area contributed by atoms with Crippen LogP contribution >= 0.6 is 45.9 Å². The first-order chi connectivity index (χ1) is 15.2. The average Bonchev–Trinajstić information content (AvgIpc) is 3.45. The van der Waals surface area contributed by atoms with Gasteiger partial charge in [0.15, 0.2) is 0 Å². The summed E-state index contributed by atoms with van der Waals surface area (Å²) in [6.45, 7) is 0. The van der Waals surface area contributed by atoms with Gasteiger partial charge in [0.25, 0.3) is 20.0 Å². The molecular weight excluding hydrogens is 531 g/mol. The molecule has 0 atom stereocenters. The maximum atomic E-state index is 13.0. The van der Waals surface area contributed by atoms with Gasteiger partial charge >= 0.3 is 0 Å². The molecule has 0 saturated carbocycles. The Labute approximate surface area is 203 Å². The molecule has 2 N–H and O–H groups in total. The van der Waals surface area contributed by atoms with Crippen molar-refractivity contribution in [2.75, 3.05) is 9.44 Å². The number of anilines is 2. The molecule has 0 aliphatic rings. The predicted molar refractivity (Wildman–Crippen MR) is 132 cm³/mol. The predicted octanol–water partition coefficient (Wildman–Crippen LogP) is 6.39. The third-order valence-electron chi connectivity index (χ3n) is 4.21. The standard InChI is InChI=1S/C20H14Cl2N2O4S4/c21-14-11-16(23-31(25,26)19-7-4-10-29-19)17(12-15(14)22)24-32(27,28)20-9-8-18(30-20)13-5-2-1-3-6-13/h1-12,23-24H. The van der Waals surface area contributed by atoms with Crippen molar-refractivity contribution in [1.82, 2.24) is 0 Å². The first kappa shape index (κ1) is 23.1. The topological polar surface area (TPSA) is 92.3 Å². The molecule has 0 aliphatic heterocycles. The van der Waals surface area contributed by atoms with Gasteiger partial charge in [0, 0.05) is 4.88 Å². The molecule has 0 spiro atoms. The van der Waals surface area contributed by atoms with Gasteiger partial charge in [-0.05, 0) is 41.3 Å². The minimum atomic E-state index is -4.03. The molecule has 2 aromatic carbocycles. The van der Waals surface area contributed by atoms with Crippen LogP contribution in [-0.2, 0) is 20.0 Å². The number of thiophene rings is 2. The van der Waals surface area contributed by atoms with Gasteiger partial charge in [0.1, 0.15) is 8.42 Å². The zero-order valence-corrected chi connectivity index (χ0v) is 20.7. The van der Waals surface area contributed by atoms with Crippen molar-refractivity contribution in [3.63, 3.8) is 0 Å². The van der Waals surface area contributed by atoms with Crippen LogP contribution in [0.5, 0.6) is 0 Å². The second-order valence-electron chi connectivity index (χ2n) is 6.44. The Balaban J connectivity index is 1.68. The first-order valence-corrected chi connectivity index (χ1v) is 14.3. The second kappa shape index (κ2) is 9.05. The van der Waals surface area contributed by atoms with Crippen molar-refractivity contribution < 1.29 is 16.8 Å². The smallest absolute Gasteiger partial charge is 0.271 e. The molecule has 0 aliphatic carbocycles. The summed E-state index contributed by atoms with van der Waals surface area (Å²) < 4.78 is 56.3. The normalized spacial score (nSPS) is 11.9. The molecule has 4 aromatic rings. The summed E-state index contributed by atoms with van der Waals surface area (Å²) in [5, 5.41) is 1.76. The van der Waals surface area contributed by atoms with E-state index in [1.807, 2.05) is 30.3 Å². The fourth-order valence-electron chi connectivity index (χ4n) is 2.74. The lowest BCUT2D eigenvalue weighted by Crippen LogP contribution is -2.16. The van der Waals surface area contributed by atoms with E-state index in [9.17, 15) is 16.8 Å². The first-order valence-electron chi connectivity index (χ1n) is 8.89. The number of nitrogens with one attached hydrogen (secondary N) is 2. The fourth-order valence-corrected chi connectivity index (χ4v) is 7.52. The molecule has 4 rings (SSSR count). The minimum absolute atomic E-state index is 0.0452. The Kier molecular flexibility index (Phi) is 6.53. The van der Waals surface area contributed by atoms with Gasteiger partial charge in [-0.2, -0.15) is 0 Å². The maximum Gasteiger partial charge on any atom is 0.271 e. The van der Waals surface area contributed by atoms with Crippen LogP contribution in [0.2, 0.25) is 10.0 Å². The molecule has 2 aromatic heterocycles. The van der Waals surface area contributed by atoms with Gasteiger partial charge in [-0.25, -0.2) is 16.8 Å². The molecule has 166 valence electrons. The Morgan fingerprint density at radius 3 is 1.84 bits per heavy atom. The zero-order chi connectivity index (χ0) is 22.9. The Hall–Kier alpha value is -2.08. The van der Waals surface area contributed by atoms with E-state index in [0.717, 1.165) is 33.1 Å². The largest absolute Gasteiger partial charge is 0.277 e. The average molecular weight is 546 g/mol. The van der Waals surface area contributed by atoms with E-state index in [0.29, 0.717) is 0 Å². The zero-order valence-electron chi connectivity index (χ0n) is 16.0. The van der Waals surface area contributed by atoms with Crippen LogP contribution in [0.3, 0.4) is 0 Å². The third-order valence-corrected chi connectivity index (χ3v) is 10.7. The van der Waals surface area contributed by atoms with E-state index < -0.39 is 20.0 Å². The summed E-state index contributed by atoms with van der Waals surface area (Å²) in [6.07, 6.45) is 0. The SMILES string of the molecule is O=S(=O)(Nc1cc(Cl)c(Cl)cc1NS(=O)(=O)c1ccc(-c2ccccc2)s1)c1cccs1. The summed E-state index contributed by atoms with van der Waals surface area (Å²) in [6, 6.07) is 18.1. The van der Waals surface area contributed by atoms with E-state index in [1.54, 1.807) is 17.5 Å². The number of rotatable bonds is 7. The van der Waals surface area contributed by atoms with Crippen LogP contribution in [0.15, 0.2) is 80.5 Å². The monoisotopic (exact) mass is 544 g/mol. The van der Waals surface area contributed by atoms with Gasteiger partial charge < -0.3 is 0 Å². The van der Waals surface area contributed by atoms with Crippen LogP contribution in [0.1, 0.15) is 0 Å². The van der Waals surface area contributed by atoms with Crippen molar-refractivity contribution in [2.45, 2.75) is 8.42 Å². The van der Waals surface area contributed by atoms with Crippen molar-refractivity contribution >= 4 is 77.3 Å². The Bertz CT molecular complexity index is 1470. The highest BCUT2D eigenvalue weighted by Gasteiger charge is 2.23. The summed E-state index contributed by atoms with van der Waals surface area (Å²) in [5.41, 5.74) is 0.795. The maximum absolute atomic E-state index is 13.0. The molecule has 32 heavy (non-hydrogen) atoms. The summed E-state index contributed by atoms with van der Waals surface area (Å²) in [7, 11) is -7.97. The second-order valence-corrected chi connectivity index (χ2v) is 13.1. The van der Waals surface area contributed by atoms with Crippen molar-refractivity contribution in [1.29, 1.82) is 0 Å². The third kappa shape index (κ3) is 4.95. The van der Waals surface area contributed by atoms with Crippen LogP contribution in [0.4, 0.5) is 11.4 Å². The van der Waals surface area contributed by atoms with Crippen LogP contribution < -0.4 is 9.44 Å².